The van der Waals surface area contributed by atoms with Gasteiger partial charge in [-0.15, -0.1) is 0 Å². The third-order valence-corrected chi connectivity index (χ3v) is 3.87. The maximum atomic E-state index is 9.17. The molecule has 5 heteroatoms. The lowest BCUT2D eigenvalue weighted by molar-refractivity contribution is 0.412. The van der Waals surface area contributed by atoms with Gasteiger partial charge in [-0.05, 0) is 56.1 Å². The summed E-state index contributed by atoms with van der Waals surface area (Å²) < 4.78 is 6.89. The number of rotatable bonds is 3. The van der Waals surface area contributed by atoms with Crippen molar-refractivity contribution in [2.45, 2.75) is 0 Å². The van der Waals surface area contributed by atoms with Gasteiger partial charge in [-0.25, -0.2) is 0 Å². The van der Waals surface area contributed by atoms with Gasteiger partial charge >= 0.3 is 0 Å². The SMILES string of the molecule is COc1cc(Nc2cccc(Br)c2C#N)ccc1Br. The number of ether oxygens (including phenoxy) is 1. The van der Waals surface area contributed by atoms with Gasteiger partial charge < -0.3 is 10.1 Å². The first-order chi connectivity index (χ1) is 9.15. The number of methoxy groups -OCH3 is 1. The smallest absolute Gasteiger partial charge is 0.135 e. The maximum Gasteiger partial charge on any atom is 0.135 e. The van der Waals surface area contributed by atoms with Crippen LogP contribution < -0.4 is 10.1 Å². The van der Waals surface area contributed by atoms with E-state index < -0.39 is 0 Å². The molecule has 1 N–H and O–H groups in total. The van der Waals surface area contributed by atoms with Gasteiger partial charge in [0.05, 0.1) is 22.8 Å². The van der Waals surface area contributed by atoms with Gasteiger partial charge in [0.15, 0.2) is 0 Å². The fraction of sp³-hybridized carbons (Fsp3) is 0.0714. The van der Waals surface area contributed by atoms with E-state index in [1.807, 2.05) is 36.4 Å². The standard InChI is InChI=1S/C14H10Br2N2O/c1-19-14-7-9(5-6-12(14)16)18-13-4-2-3-11(15)10(13)8-17/h2-7,18H,1H3. The summed E-state index contributed by atoms with van der Waals surface area (Å²) in [4.78, 5) is 0. The van der Waals surface area contributed by atoms with Crippen molar-refractivity contribution in [2.75, 3.05) is 12.4 Å². The molecular formula is C14H10Br2N2O. The third-order valence-electron chi connectivity index (χ3n) is 2.56. The summed E-state index contributed by atoms with van der Waals surface area (Å²) in [6.45, 7) is 0. The first-order valence-electron chi connectivity index (χ1n) is 5.45. The Morgan fingerprint density at radius 2 is 1.95 bits per heavy atom. The first kappa shape index (κ1) is 13.9. The van der Waals surface area contributed by atoms with Crippen LogP contribution in [0, 0.1) is 11.3 Å². The topological polar surface area (TPSA) is 45.0 Å². The Kier molecular flexibility index (Phi) is 4.46. The Morgan fingerprint density at radius 3 is 2.63 bits per heavy atom. The summed E-state index contributed by atoms with van der Waals surface area (Å²) in [5.74, 6) is 0.735. The minimum Gasteiger partial charge on any atom is -0.495 e. The van der Waals surface area contributed by atoms with Gasteiger partial charge in [0.25, 0.3) is 0 Å². The number of nitriles is 1. The van der Waals surface area contributed by atoms with E-state index in [4.69, 9.17) is 10.00 Å². The lowest BCUT2D eigenvalue weighted by atomic mass is 10.2. The van der Waals surface area contributed by atoms with Crippen molar-refractivity contribution in [3.05, 3.63) is 50.9 Å². The zero-order valence-corrected chi connectivity index (χ0v) is 13.2. The molecule has 2 aromatic carbocycles. The summed E-state index contributed by atoms with van der Waals surface area (Å²) in [5.41, 5.74) is 2.18. The Hall–Kier alpha value is -1.51. The normalized spacial score (nSPS) is 9.79. The van der Waals surface area contributed by atoms with Gasteiger partial charge in [0.2, 0.25) is 0 Å². The minimum absolute atomic E-state index is 0.574. The van der Waals surface area contributed by atoms with E-state index in [2.05, 4.69) is 43.2 Å². The average Bonchev–Trinajstić information content (AvgIpc) is 2.41. The van der Waals surface area contributed by atoms with Crippen LogP contribution in [0.1, 0.15) is 5.56 Å². The molecule has 0 saturated heterocycles. The highest BCUT2D eigenvalue weighted by Crippen LogP contribution is 2.31. The molecule has 0 aliphatic rings. The number of hydrogen-bond acceptors (Lipinski definition) is 3. The summed E-state index contributed by atoms with van der Waals surface area (Å²) in [6.07, 6.45) is 0. The van der Waals surface area contributed by atoms with Crippen molar-refractivity contribution in [3.63, 3.8) is 0 Å². The molecule has 2 aromatic rings. The number of nitrogens with zero attached hydrogens (tertiary/aromatic N) is 1. The van der Waals surface area contributed by atoms with Crippen LogP contribution in [0.25, 0.3) is 0 Å². The molecule has 0 atom stereocenters. The van der Waals surface area contributed by atoms with Crippen molar-refractivity contribution < 1.29 is 4.74 Å². The van der Waals surface area contributed by atoms with Gasteiger partial charge in [-0.1, -0.05) is 6.07 Å². The molecule has 0 aliphatic carbocycles. The zero-order chi connectivity index (χ0) is 13.8. The zero-order valence-electron chi connectivity index (χ0n) is 10.1. The highest BCUT2D eigenvalue weighted by atomic mass is 79.9. The van der Waals surface area contributed by atoms with E-state index in [-0.39, 0.29) is 0 Å². The van der Waals surface area contributed by atoms with Crippen LogP contribution in [0.15, 0.2) is 45.3 Å². The minimum atomic E-state index is 0.574. The highest BCUT2D eigenvalue weighted by Gasteiger charge is 2.07. The monoisotopic (exact) mass is 380 g/mol. The molecule has 0 spiro atoms. The summed E-state index contributed by atoms with van der Waals surface area (Å²) in [5, 5.41) is 12.4. The number of benzene rings is 2. The fourth-order valence-corrected chi connectivity index (χ4v) is 2.50. The molecule has 0 radical (unpaired) electrons. The molecule has 0 amide bonds. The maximum absolute atomic E-state index is 9.17. The summed E-state index contributed by atoms with van der Waals surface area (Å²) >= 11 is 6.77. The van der Waals surface area contributed by atoms with E-state index in [1.165, 1.54) is 0 Å². The molecule has 0 saturated carbocycles. The molecule has 19 heavy (non-hydrogen) atoms. The molecule has 0 aromatic heterocycles. The molecule has 0 heterocycles. The molecule has 0 unspecified atom stereocenters. The number of nitrogens with one attached hydrogen (secondary N) is 1. The van der Waals surface area contributed by atoms with Gasteiger partial charge in [0, 0.05) is 16.2 Å². The van der Waals surface area contributed by atoms with Crippen LogP contribution >= 0.6 is 31.9 Å². The van der Waals surface area contributed by atoms with E-state index >= 15 is 0 Å². The van der Waals surface area contributed by atoms with Crippen molar-refractivity contribution in [1.82, 2.24) is 0 Å². The van der Waals surface area contributed by atoms with Crippen LogP contribution in [0.4, 0.5) is 11.4 Å². The third kappa shape index (κ3) is 3.09. The Balaban J connectivity index is 2.37. The van der Waals surface area contributed by atoms with E-state index in [9.17, 15) is 0 Å². The fourth-order valence-electron chi connectivity index (χ4n) is 1.63. The van der Waals surface area contributed by atoms with Crippen LogP contribution in [-0.2, 0) is 0 Å². The molecule has 2 rings (SSSR count). The summed E-state index contributed by atoms with van der Waals surface area (Å²) in [7, 11) is 1.61. The van der Waals surface area contributed by atoms with E-state index in [1.54, 1.807) is 7.11 Å². The van der Waals surface area contributed by atoms with E-state index in [0.717, 1.165) is 26.1 Å². The predicted octanol–water partition coefficient (Wildman–Crippen LogP) is 4.84. The van der Waals surface area contributed by atoms with Crippen LogP contribution in [-0.4, -0.2) is 7.11 Å². The molecule has 3 nitrogen and oxygen atoms in total. The molecule has 96 valence electrons. The Morgan fingerprint density at radius 1 is 1.16 bits per heavy atom. The first-order valence-corrected chi connectivity index (χ1v) is 7.03. The van der Waals surface area contributed by atoms with Gasteiger partial charge in [-0.3, -0.25) is 0 Å². The largest absolute Gasteiger partial charge is 0.495 e. The van der Waals surface area contributed by atoms with Crippen molar-refractivity contribution in [1.29, 1.82) is 5.26 Å². The number of hydrogen-bond donors (Lipinski definition) is 1. The van der Waals surface area contributed by atoms with Crippen molar-refractivity contribution >= 4 is 43.2 Å². The second-order valence-electron chi connectivity index (χ2n) is 3.75. The average molecular weight is 382 g/mol. The van der Waals surface area contributed by atoms with Crippen molar-refractivity contribution in [3.8, 4) is 11.8 Å². The second-order valence-corrected chi connectivity index (χ2v) is 5.46. The van der Waals surface area contributed by atoms with Gasteiger partial charge in [-0.2, -0.15) is 5.26 Å². The highest BCUT2D eigenvalue weighted by molar-refractivity contribution is 9.10. The molecule has 0 aliphatic heterocycles. The predicted molar refractivity (Wildman–Crippen MR) is 82.8 cm³/mol. The van der Waals surface area contributed by atoms with Crippen LogP contribution in [0.2, 0.25) is 0 Å². The Bertz CT molecular complexity index is 650. The molecule has 0 fully saturated rings. The molecule has 0 bridgehead atoms. The number of halogens is 2. The number of anilines is 2. The van der Waals surface area contributed by atoms with E-state index in [0.29, 0.717) is 5.56 Å². The lowest BCUT2D eigenvalue weighted by Crippen LogP contribution is -1.95. The quantitative estimate of drug-likeness (QED) is 0.827. The van der Waals surface area contributed by atoms with Crippen LogP contribution in [0.5, 0.6) is 5.75 Å². The van der Waals surface area contributed by atoms with Gasteiger partial charge in [0.1, 0.15) is 11.8 Å². The second kappa shape index (κ2) is 6.09. The summed E-state index contributed by atoms with van der Waals surface area (Å²) in [6, 6.07) is 13.4. The van der Waals surface area contributed by atoms with Crippen molar-refractivity contribution in [2.24, 2.45) is 0 Å². The molecular weight excluding hydrogens is 372 g/mol. The Labute approximate surface area is 128 Å². The van der Waals surface area contributed by atoms with Crippen LogP contribution in [0.3, 0.4) is 0 Å². The lowest BCUT2D eigenvalue weighted by Gasteiger charge is -2.11.